The molecule has 3 N–H and O–H groups in total. The Morgan fingerprint density at radius 1 is 1.25 bits per heavy atom. The molecule has 0 bridgehead atoms. The largest absolute Gasteiger partial charge is 0.465 e. The van der Waals surface area contributed by atoms with Crippen LogP contribution in [0.3, 0.4) is 0 Å². The lowest BCUT2D eigenvalue weighted by Gasteiger charge is -2.29. The van der Waals surface area contributed by atoms with Gasteiger partial charge in [-0.15, -0.1) is 0 Å². The Morgan fingerprint density at radius 3 is 2.86 bits per heavy atom. The molecule has 2 aromatic heterocycles. The number of benzene rings is 1. The molecule has 2 aliphatic rings. The summed E-state index contributed by atoms with van der Waals surface area (Å²) >= 11 is 0. The number of carbonyl (C=O) groups is 2. The molecule has 142 valence electrons. The number of piperidine rings is 1. The quantitative estimate of drug-likeness (QED) is 0.646. The third-order valence-corrected chi connectivity index (χ3v) is 5.38. The van der Waals surface area contributed by atoms with Gasteiger partial charge in [0.2, 0.25) is 0 Å². The zero-order valence-corrected chi connectivity index (χ0v) is 14.9. The second-order valence-electron chi connectivity index (χ2n) is 7.04. The number of nitrogens with one attached hydrogen (secondary N) is 2. The van der Waals surface area contributed by atoms with Crippen molar-refractivity contribution < 1.29 is 14.7 Å². The fraction of sp³-hybridized carbons (Fsp3) is 0.263. The lowest BCUT2D eigenvalue weighted by atomic mass is 10.1. The molecular formula is C19H18N6O3. The van der Waals surface area contributed by atoms with Gasteiger partial charge in [-0.05, 0) is 18.9 Å². The molecule has 0 saturated carbocycles. The number of likely N-dealkylation sites (tertiary alicyclic amines) is 1. The summed E-state index contributed by atoms with van der Waals surface area (Å²) in [4.78, 5) is 28.9. The molecule has 0 aliphatic carbocycles. The average molecular weight is 378 g/mol. The predicted molar refractivity (Wildman–Crippen MR) is 103 cm³/mol. The van der Waals surface area contributed by atoms with Gasteiger partial charge in [-0.25, -0.2) is 9.78 Å². The Kier molecular flexibility index (Phi) is 3.68. The van der Waals surface area contributed by atoms with Crippen molar-refractivity contribution >= 4 is 40.0 Å². The highest BCUT2D eigenvalue weighted by Gasteiger charge is 2.25. The molecule has 2 aliphatic heterocycles. The van der Waals surface area contributed by atoms with Gasteiger partial charge in [0, 0.05) is 30.1 Å². The van der Waals surface area contributed by atoms with E-state index in [1.54, 1.807) is 18.5 Å². The number of anilines is 3. The first-order chi connectivity index (χ1) is 13.6. The third kappa shape index (κ3) is 2.63. The van der Waals surface area contributed by atoms with Gasteiger partial charge in [0.15, 0.2) is 0 Å². The van der Waals surface area contributed by atoms with Crippen molar-refractivity contribution in [2.75, 3.05) is 23.7 Å². The van der Waals surface area contributed by atoms with Crippen molar-refractivity contribution in [1.29, 1.82) is 0 Å². The van der Waals surface area contributed by atoms with Crippen molar-refractivity contribution in [2.45, 2.75) is 18.9 Å². The van der Waals surface area contributed by atoms with Gasteiger partial charge < -0.3 is 20.6 Å². The van der Waals surface area contributed by atoms with E-state index in [1.165, 1.54) is 4.90 Å². The maximum Gasteiger partial charge on any atom is 0.407 e. The molecule has 1 fully saturated rings. The monoisotopic (exact) mass is 378 g/mol. The minimum atomic E-state index is -0.867. The molecule has 0 spiro atoms. The number of amides is 2. The van der Waals surface area contributed by atoms with Crippen LogP contribution in [0.1, 0.15) is 29.2 Å². The number of rotatable bonds is 3. The summed E-state index contributed by atoms with van der Waals surface area (Å²) in [5.41, 5.74) is 2.25. The smallest absolute Gasteiger partial charge is 0.407 e. The van der Waals surface area contributed by atoms with Crippen LogP contribution in [-0.2, 0) is 0 Å². The summed E-state index contributed by atoms with van der Waals surface area (Å²) in [5, 5.41) is 21.4. The number of aromatic nitrogens is 3. The maximum absolute atomic E-state index is 12.0. The van der Waals surface area contributed by atoms with Crippen molar-refractivity contribution in [3.63, 3.8) is 0 Å². The lowest BCUT2D eigenvalue weighted by Crippen LogP contribution is -2.38. The molecule has 5 rings (SSSR count). The van der Waals surface area contributed by atoms with Crippen LogP contribution in [0, 0.1) is 0 Å². The van der Waals surface area contributed by atoms with E-state index >= 15 is 0 Å². The molecule has 2 amide bonds. The van der Waals surface area contributed by atoms with Crippen molar-refractivity contribution in [1.82, 2.24) is 19.7 Å². The summed E-state index contributed by atoms with van der Waals surface area (Å²) in [6.07, 6.45) is 5.99. The molecule has 0 atom stereocenters. The maximum atomic E-state index is 12.0. The Labute approximate surface area is 160 Å². The number of nitrogens with zero attached hydrogens (tertiary/aromatic N) is 4. The topological polar surface area (TPSA) is 112 Å². The summed E-state index contributed by atoms with van der Waals surface area (Å²) < 4.78 is 1.89. The summed E-state index contributed by atoms with van der Waals surface area (Å²) in [5.74, 6) is 0.452. The Balaban J connectivity index is 1.38. The molecule has 4 heterocycles. The van der Waals surface area contributed by atoms with Gasteiger partial charge in [-0.1, -0.05) is 12.1 Å². The lowest BCUT2D eigenvalue weighted by molar-refractivity contribution is 0.103. The van der Waals surface area contributed by atoms with Gasteiger partial charge in [0.25, 0.3) is 5.91 Å². The minimum Gasteiger partial charge on any atom is -0.465 e. The highest BCUT2D eigenvalue weighted by Crippen LogP contribution is 2.36. The average Bonchev–Trinajstić information content (AvgIpc) is 3.30. The van der Waals surface area contributed by atoms with Crippen molar-refractivity contribution in [3.8, 4) is 0 Å². The predicted octanol–water partition coefficient (Wildman–Crippen LogP) is 3.06. The van der Waals surface area contributed by atoms with Crippen molar-refractivity contribution in [2.24, 2.45) is 0 Å². The fourth-order valence-corrected chi connectivity index (χ4v) is 3.93. The van der Waals surface area contributed by atoms with Crippen LogP contribution in [0.5, 0.6) is 0 Å². The van der Waals surface area contributed by atoms with E-state index in [0.29, 0.717) is 24.5 Å². The number of pyridine rings is 1. The fourth-order valence-electron chi connectivity index (χ4n) is 3.93. The first kappa shape index (κ1) is 16.5. The second kappa shape index (κ2) is 6.22. The Bertz CT molecular complexity index is 1100. The highest BCUT2D eigenvalue weighted by molar-refractivity contribution is 6.24. The van der Waals surface area contributed by atoms with Crippen molar-refractivity contribution in [3.05, 3.63) is 42.4 Å². The molecule has 9 nitrogen and oxygen atoms in total. The molecule has 3 aromatic rings. The Morgan fingerprint density at radius 2 is 2.07 bits per heavy atom. The molecular weight excluding hydrogens is 360 g/mol. The van der Waals surface area contributed by atoms with Gasteiger partial charge >= 0.3 is 6.09 Å². The molecule has 1 aromatic carbocycles. The molecule has 0 unspecified atom stereocenters. The highest BCUT2D eigenvalue weighted by atomic mass is 16.4. The van der Waals surface area contributed by atoms with Crippen LogP contribution < -0.4 is 10.6 Å². The number of hydrogen-bond donors (Lipinski definition) is 3. The van der Waals surface area contributed by atoms with Crippen LogP contribution in [0.4, 0.5) is 22.0 Å². The summed E-state index contributed by atoms with van der Waals surface area (Å²) in [7, 11) is 0. The van der Waals surface area contributed by atoms with Gasteiger partial charge in [-0.2, -0.15) is 5.10 Å². The van der Waals surface area contributed by atoms with Gasteiger partial charge in [0.05, 0.1) is 35.4 Å². The zero-order chi connectivity index (χ0) is 19.3. The van der Waals surface area contributed by atoms with E-state index < -0.39 is 6.09 Å². The number of carbonyl (C=O) groups excluding carboxylic acids is 1. The van der Waals surface area contributed by atoms with Crippen LogP contribution in [0.25, 0.3) is 10.8 Å². The van der Waals surface area contributed by atoms with Crippen LogP contribution in [0.2, 0.25) is 0 Å². The van der Waals surface area contributed by atoms with Crippen LogP contribution in [0.15, 0.2) is 36.8 Å². The summed E-state index contributed by atoms with van der Waals surface area (Å²) in [6.45, 7) is 1.03. The minimum absolute atomic E-state index is 0.134. The normalized spacial score (nSPS) is 16.4. The van der Waals surface area contributed by atoms with E-state index in [9.17, 15) is 9.59 Å². The number of carboxylic acid groups (broad SMARTS) is 1. The molecule has 9 heteroatoms. The van der Waals surface area contributed by atoms with E-state index in [4.69, 9.17) is 5.11 Å². The molecule has 28 heavy (non-hydrogen) atoms. The third-order valence-electron chi connectivity index (χ3n) is 5.38. The molecule has 1 saturated heterocycles. The van der Waals surface area contributed by atoms with Crippen LogP contribution >= 0.6 is 0 Å². The first-order valence-electron chi connectivity index (χ1n) is 9.12. The van der Waals surface area contributed by atoms with E-state index in [0.717, 1.165) is 35.0 Å². The second-order valence-corrected chi connectivity index (χ2v) is 7.04. The number of hydrogen-bond acceptors (Lipinski definition) is 5. The molecule has 0 radical (unpaired) electrons. The summed E-state index contributed by atoms with van der Waals surface area (Å²) in [6, 6.07) is 5.79. The van der Waals surface area contributed by atoms with E-state index in [2.05, 4.69) is 20.7 Å². The van der Waals surface area contributed by atoms with Gasteiger partial charge in [0.1, 0.15) is 5.82 Å². The zero-order valence-electron chi connectivity index (χ0n) is 14.9. The van der Waals surface area contributed by atoms with E-state index in [1.807, 2.05) is 23.0 Å². The first-order valence-corrected chi connectivity index (χ1v) is 9.12. The van der Waals surface area contributed by atoms with E-state index in [-0.39, 0.29) is 11.9 Å². The SMILES string of the molecule is O=C1Nc2ncc(Nc3cnn(C4CCN(C(=O)O)CC4)c3)c3cccc1c23. The Hall–Kier alpha value is -3.62. The standard InChI is InChI=1S/C19H18N6O3/c26-18-14-3-1-2-13-15(9-20-17(23-18)16(13)14)22-11-8-21-25(10-11)12-4-6-24(7-5-12)19(27)28/h1-3,8-10,12,22H,4-7H2,(H,27,28)(H,20,23,26). The van der Waals surface area contributed by atoms with Crippen LogP contribution in [-0.4, -0.2) is 49.9 Å². The van der Waals surface area contributed by atoms with Gasteiger partial charge in [-0.3, -0.25) is 9.48 Å².